The van der Waals surface area contributed by atoms with Crippen LogP contribution in [0.25, 0.3) is 16.9 Å². The number of aliphatic carboxylic acids is 1. The van der Waals surface area contributed by atoms with Crippen LogP contribution in [-0.2, 0) is 11.2 Å². The third-order valence-electron chi connectivity index (χ3n) is 5.03. The highest BCUT2D eigenvalue weighted by atomic mass is 35.5. The molecule has 3 aromatic carbocycles. The molecule has 0 spiro atoms. The number of halogens is 3. The molecule has 7 nitrogen and oxygen atoms in total. The lowest BCUT2D eigenvalue weighted by molar-refractivity contribution is -0.136. The highest BCUT2D eigenvalue weighted by Gasteiger charge is 2.27. The highest BCUT2D eigenvalue weighted by molar-refractivity contribution is 6.35. The number of hydrogen-bond acceptors (Lipinski definition) is 4. The van der Waals surface area contributed by atoms with E-state index in [2.05, 4.69) is 10.4 Å². The van der Waals surface area contributed by atoms with E-state index in [1.54, 1.807) is 54.6 Å². The number of amides is 1. The fourth-order valence-corrected chi connectivity index (χ4v) is 4.15. The van der Waals surface area contributed by atoms with E-state index in [1.807, 2.05) is 6.07 Å². The van der Waals surface area contributed by atoms with E-state index in [0.717, 1.165) is 0 Å². The van der Waals surface area contributed by atoms with Gasteiger partial charge in [-0.3, -0.25) is 9.59 Å². The minimum atomic E-state index is -1.15. The number of carboxylic acid groups (broad SMARTS) is 1. The van der Waals surface area contributed by atoms with Crippen molar-refractivity contribution in [1.82, 2.24) is 9.78 Å². The van der Waals surface area contributed by atoms with Crippen LogP contribution in [0.2, 0.25) is 15.1 Å². The Balaban J connectivity index is 1.93. The van der Waals surface area contributed by atoms with E-state index in [-0.39, 0.29) is 16.3 Å². The number of carbonyl (C=O) groups excluding carboxylic acids is 1. The predicted octanol–water partition coefficient (Wildman–Crippen LogP) is 6.25. The van der Waals surface area contributed by atoms with Crippen LogP contribution in [0.3, 0.4) is 0 Å². The number of carboxylic acids is 1. The SMILES string of the molecule is N#Cc1cccc(NC(=O)c2nn(-c3ccc(Cl)cc3Cl)c(-c3ccc(Cl)cc3)c2CC(=O)O)c1. The second-order valence-corrected chi connectivity index (χ2v) is 8.69. The summed E-state index contributed by atoms with van der Waals surface area (Å²) in [7, 11) is 0. The van der Waals surface area contributed by atoms with Crippen LogP contribution in [0.5, 0.6) is 0 Å². The molecule has 1 heterocycles. The molecule has 0 aliphatic rings. The summed E-state index contributed by atoms with van der Waals surface area (Å²) in [6.07, 6.45) is -0.482. The van der Waals surface area contributed by atoms with Gasteiger partial charge in [0.05, 0.1) is 34.5 Å². The highest BCUT2D eigenvalue weighted by Crippen LogP contribution is 2.34. The molecule has 2 N–H and O–H groups in total. The molecule has 0 aliphatic heterocycles. The molecule has 0 unspecified atom stereocenters. The summed E-state index contributed by atoms with van der Waals surface area (Å²) >= 11 is 18.6. The zero-order chi connectivity index (χ0) is 25.1. The zero-order valence-corrected chi connectivity index (χ0v) is 20.1. The van der Waals surface area contributed by atoms with Crippen molar-refractivity contribution in [3.05, 3.63) is 98.6 Å². The van der Waals surface area contributed by atoms with E-state index in [9.17, 15) is 14.7 Å². The number of nitrogens with zero attached hydrogens (tertiary/aromatic N) is 3. The van der Waals surface area contributed by atoms with Gasteiger partial charge >= 0.3 is 5.97 Å². The van der Waals surface area contributed by atoms with Gasteiger partial charge in [0.15, 0.2) is 5.69 Å². The molecule has 1 amide bonds. The van der Waals surface area contributed by atoms with E-state index in [1.165, 1.54) is 16.8 Å². The van der Waals surface area contributed by atoms with Crippen LogP contribution >= 0.6 is 34.8 Å². The van der Waals surface area contributed by atoms with Crippen molar-refractivity contribution in [2.75, 3.05) is 5.32 Å². The molecule has 0 fully saturated rings. The zero-order valence-electron chi connectivity index (χ0n) is 17.8. The number of hydrogen-bond donors (Lipinski definition) is 2. The van der Waals surface area contributed by atoms with Crippen LogP contribution in [-0.4, -0.2) is 26.8 Å². The molecular weight excluding hydrogens is 511 g/mol. The normalized spacial score (nSPS) is 10.6. The lowest BCUT2D eigenvalue weighted by atomic mass is 10.0. The van der Waals surface area contributed by atoms with Crippen LogP contribution < -0.4 is 5.32 Å². The first-order valence-electron chi connectivity index (χ1n) is 10.1. The Labute approximate surface area is 215 Å². The Morgan fingerprint density at radius 3 is 2.37 bits per heavy atom. The lowest BCUT2D eigenvalue weighted by Crippen LogP contribution is -2.16. The van der Waals surface area contributed by atoms with Gasteiger partial charge in [0.25, 0.3) is 5.91 Å². The molecule has 0 atom stereocenters. The Morgan fingerprint density at radius 2 is 1.71 bits per heavy atom. The number of nitrogens with one attached hydrogen (secondary N) is 1. The maximum absolute atomic E-state index is 13.3. The van der Waals surface area contributed by atoms with Crippen LogP contribution in [0.1, 0.15) is 21.6 Å². The molecule has 4 rings (SSSR count). The second-order valence-electron chi connectivity index (χ2n) is 7.41. The standard InChI is InChI=1S/C25H15Cl3N4O3/c26-16-6-4-15(5-7-16)24-19(12-22(33)34)23(25(35)30-18-3-1-2-14(10-18)13-29)31-32(24)21-9-8-17(27)11-20(21)28/h1-11H,12H2,(H,30,35)(H,33,34). The molecule has 0 saturated carbocycles. The van der Waals surface area contributed by atoms with Crippen molar-refractivity contribution in [2.24, 2.45) is 0 Å². The van der Waals surface area contributed by atoms with Gasteiger partial charge in [-0.25, -0.2) is 4.68 Å². The second kappa shape index (κ2) is 10.2. The lowest BCUT2D eigenvalue weighted by Gasteiger charge is -2.11. The summed E-state index contributed by atoms with van der Waals surface area (Å²) in [6.45, 7) is 0. The Bertz CT molecular complexity index is 1490. The maximum Gasteiger partial charge on any atom is 0.307 e. The van der Waals surface area contributed by atoms with E-state index >= 15 is 0 Å². The van der Waals surface area contributed by atoms with Crippen LogP contribution in [0, 0.1) is 11.3 Å². The Hall–Kier alpha value is -3.83. The molecule has 0 aliphatic carbocycles. The summed E-state index contributed by atoms with van der Waals surface area (Å²) < 4.78 is 1.42. The van der Waals surface area contributed by atoms with Crippen molar-refractivity contribution in [2.45, 2.75) is 6.42 Å². The largest absolute Gasteiger partial charge is 0.481 e. The minimum Gasteiger partial charge on any atom is -0.481 e. The van der Waals surface area contributed by atoms with Gasteiger partial charge in [-0.2, -0.15) is 10.4 Å². The summed E-state index contributed by atoms with van der Waals surface area (Å²) in [5, 5.41) is 27.1. The number of rotatable bonds is 6. The summed E-state index contributed by atoms with van der Waals surface area (Å²) in [5.41, 5.74) is 2.14. The van der Waals surface area contributed by atoms with E-state index < -0.39 is 18.3 Å². The first-order chi connectivity index (χ1) is 16.8. The maximum atomic E-state index is 13.3. The summed E-state index contributed by atoms with van der Waals surface area (Å²) in [6, 6.07) is 19.8. The molecule has 10 heteroatoms. The van der Waals surface area contributed by atoms with Gasteiger partial charge in [-0.05, 0) is 48.5 Å². The monoisotopic (exact) mass is 524 g/mol. The van der Waals surface area contributed by atoms with Gasteiger partial charge in [0.2, 0.25) is 0 Å². The number of aromatic nitrogens is 2. The van der Waals surface area contributed by atoms with Crippen molar-refractivity contribution in [3.63, 3.8) is 0 Å². The molecule has 1 aromatic heterocycles. The average Bonchev–Trinajstić information content (AvgIpc) is 3.18. The van der Waals surface area contributed by atoms with Crippen LogP contribution in [0.4, 0.5) is 5.69 Å². The quantitative estimate of drug-likeness (QED) is 0.309. The van der Waals surface area contributed by atoms with Gasteiger partial charge in [0, 0.05) is 26.9 Å². The Morgan fingerprint density at radius 1 is 1.00 bits per heavy atom. The first-order valence-corrected chi connectivity index (χ1v) is 11.3. The van der Waals surface area contributed by atoms with Crippen molar-refractivity contribution in [3.8, 4) is 23.0 Å². The van der Waals surface area contributed by atoms with Crippen molar-refractivity contribution in [1.29, 1.82) is 5.26 Å². The third kappa shape index (κ3) is 5.31. The van der Waals surface area contributed by atoms with Crippen LogP contribution in [0.15, 0.2) is 66.7 Å². The van der Waals surface area contributed by atoms with Gasteiger partial charge < -0.3 is 10.4 Å². The molecule has 35 heavy (non-hydrogen) atoms. The Kier molecular flexibility index (Phi) is 7.08. The number of carbonyl (C=O) groups is 2. The fraction of sp³-hybridized carbons (Fsp3) is 0.0400. The molecule has 0 radical (unpaired) electrons. The minimum absolute atomic E-state index is 0.106. The molecule has 174 valence electrons. The van der Waals surface area contributed by atoms with E-state index in [4.69, 9.17) is 40.1 Å². The molecule has 0 bridgehead atoms. The third-order valence-corrected chi connectivity index (χ3v) is 5.82. The smallest absolute Gasteiger partial charge is 0.307 e. The van der Waals surface area contributed by atoms with Crippen molar-refractivity contribution < 1.29 is 14.7 Å². The molecule has 4 aromatic rings. The predicted molar refractivity (Wildman–Crippen MR) is 134 cm³/mol. The number of benzene rings is 3. The number of nitriles is 1. The fourth-order valence-electron chi connectivity index (χ4n) is 3.54. The van der Waals surface area contributed by atoms with Gasteiger partial charge in [-0.1, -0.05) is 53.0 Å². The molecule has 0 saturated heterocycles. The summed E-state index contributed by atoms with van der Waals surface area (Å²) in [5.74, 6) is -1.79. The first kappa shape index (κ1) is 24.3. The molecular formula is C25H15Cl3N4O3. The van der Waals surface area contributed by atoms with Gasteiger partial charge in [0.1, 0.15) is 0 Å². The average molecular weight is 526 g/mol. The topological polar surface area (TPSA) is 108 Å². The number of anilines is 1. The summed E-state index contributed by atoms with van der Waals surface area (Å²) in [4.78, 5) is 25.1. The van der Waals surface area contributed by atoms with Gasteiger partial charge in [-0.15, -0.1) is 0 Å². The van der Waals surface area contributed by atoms with Crippen molar-refractivity contribution >= 4 is 52.4 Å². The van der Waals surface area contributed by atoms with E-state index in [0.29, 0.717) is 38.2 Å².